The fraction of sp³-hybridized carbons (Fsp3) is 0.250. The van der Waals surface area contributed by atoms with Crippen LogP contribution in [0.15, 0.2) is 58.3 Å². The quantitative estimate of drug-likeness (QED) is 0.858. The molecule has 25 heavy (non-hydrogen) atoms. The molecule has 1 aliphatic heterocycles. The van der Waals surface area contributed by atoms with Gasteiger partial charge >= 0.3 is 0 Å². The molecule has 1 N–H and O–H groups in total. The largest absolute Gasteiger partial charge is 0.280 e. The number of hydrogen-bond donors (Lipinski definition) is 1. The Morgan fingerprint density at radius 3 is 2.28 bits per heavy atom. The highest BCUT2D eigenvalue weighted by atomic mass is 32.2. The van der Waals surface area contributed by atoms with Crippen molar-refractivity contribution in [1.82, 2.24) is 4.31 Å². The fourth-order valence-corrected chi connectivity index (χ4v) is 5.36. The first-order valence-electron chi connectivity index (χ1n) is 7.68. The number of nitrogens with one attached hydrogen (secondary N) is 1. The van der Waals surface area contributed by atoms with E-state index in [-0.39, 0.29) is 10.6 Å². The Labute approximate surface area is 146 Å². The third-order valence-electron chi connectivity index (χ3n) is 3.92. The molecule has 0 aliphatic carbocycles. The summed E-state index contributed by atoms with van der Waals surface area (Å²) in [6.07, 6.45) is 1.61. The van der Waals surface area contributed by atoms with Gasteiger partial charge in [0, 0.05) is 13.1 Å². The van der Waals surface area contributed by atoms with Gasteiger partial charge in [-0.05, 0) is 43.2 Å². The second-order valence-corrected chi connectivity index (χ2v) is 9.26. The summed E-state index contributed by atoms with van der Waals surface area (Å²) in [5, 5.41) is 0. The zero-order valence-corrected chi connectivity index (χ0v) is 14.9. The van der Waals surface area contributed by atoms with E-state index in [1.165, 1.54) is 40.7 Å². The Morgan fingerprint density at radius 2 is 1.60 bits per heavy atom. The molecule has 2 aromatic rings. The van der Waals surface area contributed by atoms with Crippen LogP contribution in [0.1, 0.15) is 12.8 Å². The average molecular weight is 384 g/mol. The predicted octanol–water partition coefficient (Wildman–Crippen LogP) is 2.41. The molecule has 134 valence electrons. The summed E-state index contributed by atoms with van der Waals surface area (Å²) < 4.78 is 67.1. The highest BCUT2D eigenvalue weighted by molar-refractivity contribution is 7.92. The Bertz CT molecular complexity index is 985. The number of anilines is 1. The molecule has 0 spiro atoms. The minimum atomic E-state index is -4.16. The van der Waals surface area contributed by atoms with E-state index in [2.05, 4.69) is 4.72 Å². The van der Waals surface area contributed by atoms with Crippen LogP contribution in [-0.4, -0.2) is 34.2 Å². The van der Waals surface area contributed by atoms with Gasteiger partial charge in [0.05, 0.1) is 10.6 Å². The Hall–Kier alpha value is -1.97. The maximum Gasteiger partial charge on any atom is 0.264 e. The highest BCUT2D eigenvalue weighted by Crippen LogP contribution is 2.25. The molecule has 6 nitrogen and oxygen atoms in total. The second kappa shape index (κ2) is 6.74. The lowest BCUT2D eigenvalue weighted by atomic mass is 10.3. The minimum absolute atomic E-state index is 0.00290. The lowest BCUT2D eigenvalue weighted by molar-refractivity contribution is 0.477. The van der Waals surface area contributed by atoms with Crippen LogP contribution < -0.4 is 4.72 Å². The maximum atomic E-state index is 13.7. The molecule has 9 heteroatoms. The van der Waals surface area contributed by atoms with E-state index in [1.54, 1.807) is 0 Å². The summed E-state index contributed by atoms with van der Waals surface area (Å²) in [5.41, 5.74) is 0.0588. The molecule has 0 atom stereocenters. The van der Waals surface area contributed by atoms with Gasteiger partial charge in [0.25, 0.3) is 10.0 Å². The molecule has 0 amide bonds. The zero-order valence-electron chi connectivity index (χ0n) is 13.2. The van der Waals surface area contributed by atoms with Crippen molar-refractivity contribution in [1.29, 1.82) is 0 Å². The molecule has 0 bridgehead atoms. The summed E-state index contributed by atoms with van der Waals surface area (Å²) in [6, 6.07) is 10.5. The van der Waals surface area contributed by atoms with Gasteiger partial charge in [-0.15, -0.1) is 0 Å². The lowest BCUT2D eigenvalue weighted by Gasteiger charge is -2.16. The number of sulfonamides is 2. The van der Waals surface area contributed by atoms with Crippen molar-refractivity contribution in [3.63, 3.8) is 0 Å². The predicted molar refractivity (Wildman–Crippen MR) is 91.6 cm³/mol. The van der Waals surface area contributed by atoms with Crippen molar-refractivity contribution < 1.29 is 21.2 Å². The van der Waals surface area contributed by atoms with Gasteiger partial charge in [-0.2, -0.15) is 4.31 Å². The molecule has 1 saturated heterocycles. The number of nitrogens with zero attached hydrogens (tertiary/aromatic N) is 1. The Morgan fingerprint density at radius 1 is 0.920 bits per heavy atom. The zero-order chi connectivity index (χ0) is 18.1. The SMILES string of the molecule is O=S(=O)(Nc1cccc(S(=O)(=O)N2CCCC2)c1)c1ccccc1F. The van der Waals surface area contributed by atoms with Gasteiger partial charge < -0.3 is 0 Å². The van der Waals surface area contributed by atoms with Crippen molar-refractivity contribution >= 4 is 25.7 Å². The summed E-state index contributed by atoms with van der Waals surface area (Å²) in [5.74, 6) is -0.879. The molecule has 2 aromatic carbocycles. The first-order chi connectivity index (χ1) is 11.8. The molecule has 1 aliphatic rings. The van der Waals surface area contributed by atoms with E-state index in [9.17, 15) is 21.2 Å². The van der Waals surface area contributed by atoms with Crippen molar-refractivity contribution in [2.75, 3.05) is 17.8 Å². The van der Waals surface area contributed by atoms with Crippen LogP contribution in [0.25, 0.3) is 0 Å². The summed E-state index contributed by atoms with van der Waals surface area (Å²) in [7, 11) is -7.82. The number of halogens is 1. The van der Waals surface area contributed by atoms with Crippen LogP contribution >= 0.6 is 0 Å². The van der Waals surface area contributed by atoms with Gasteiger partial charge in [0.15, 0.2) is 0 Å². The molecule has 0 saturated carbocycles. The normalized spacial score (nSPS) is 16.0. The van der Waals surface area contributed by atoms with E-state index in [0.29, 0.717) is 13.1 Å². The highest BCUT2D eigenvalue weighted by Gasteiger charge is 2.27. The van der Waals surface area contributed by atoms with Crippen LogP contribution in [0, 0.1) is 5.82 Å². The van der Waals surface area contributed by atoms with Gasteiger partial charge in [0.2, 0.25) is 10.0 Å². The summed E-state index contributed by atoms with van der Waals surface area (Å²) in [4.78, 5) is -0.495. The first kappa shape index (κ1) is 17.8. The first-order valence-corrected chi connectivity index (χ1v) is 10.6. The Balaban J connectivity index is 1.91. The van der Waals surface area contributed by atoms with Crippen molar-refractivity contribution in [3.8, 4) is 0 Å². The van der Waals surface area contributed by atoms with Crippen LogP contribution in [-0.2, 0) is 20.0 Å². The van der Waals surface area contributed by atoms with Gasteiger partial charge in [-0.25, -0.2) is 21.2 Å². The van der Waals surface area contributed by atoms with Crippen LogP contribution in [0.2, 0.25) is 0 Å². The molecule has 0 unspecified atom stereocenters. The number of hydrogen-bond acceptors (Lipinski definition) is 4. The van der Waals surface area contributed by atoms with E-state index in [1.807, 2.05) is 0 Å². The molecular weight excluding hydrogens is 367 g/mol. The number of benzene rings is 2. The fourth-order valence-electron chi connectivity index (χ4n) is 2.67. The van der Waals surface area contributed by atoms with Crippen LogP contribution in [0.3, 0.4) is 0 Å². The van der Waals surface area contributed by atoms with E-state index in [4.69, 9.17) is 0 Å². The molecule has 1 heterocycles. The smallest absolute Gasteiger partial charge is 0.264 e. The number of rotatable bonds is 5. The Kier molecular flexibility index (Phi) is 4.81. The monoisotopic (exact) mass is 384 g/mol. The minimum Gasteiger partial charge on any atom is -0.280 e. The van der Waals surface area contributed by atoms with E-state index < -0.39 is 30.8 Å². The maximum absolute atomic E-state index is 13.7. The lowest BCUT2D eigenvalue weighted by Crippen LogP contribution is -2.28. The van der Waals surface area contributed by atoms with Crippen LogP contribution in [0.4, 0.5) is 10.1 Å². The molecule has 0 radical (unpaired) electrons. The third-order valence-corrected chi connectivity index (χ3v) is 7.22. The average Bonchev–Trinajstić information content (AvgIpc) is 3.10. The summed E-state index contributed by atoms with van der Waals surface area (Å²) in [6.45, 7) is 0.904. The van der Waals surface area contributed by atoms with Crippen LogP contribution in [0.5, 0.6) is 0 Å². The van der Waals surface area contributed by atoms with Crippen molar-refractivity contribution in [2.45, 2.75) is 22.6 Å². The van der Waals surface area contributed by atoms with Gasteiger partial charge in [-0.3, -0.25) is 4.72 Å². The van der Waals surface area contributed by atoms with Crippen molar-refractivity contribution in [2.24, 2.45) is 0 Å². The van der Waals surface area contributed by atoms with Gasteiger partial charge in [0.1, 0.15) is 10.7 Å². The summed E-state index contributed by atoms with van der Waals surface area (Å²) >= 11 is 0. The van der Waals surface area contributed by atoms with Gasteiger partial charge in [-0.1, -0.05) is 18.2 Å². The van der Waals surface area contributed by atoms with Crippen molar-refractivity contribution in [3.05, 3.63) is 54.3 Å². The standard InChI is InChI=1S/C16H17FN2O4S2/c17-15-8-1-2-9-16(15)24(20,21)18-13-6-5-7-14(12-13)25(22,23)19-10-3-4-11-19/h1-2,5-9,12,18H,3-4,10-11H2. The van der Waals surface area contributed by atoms with E-state index >= 15 is 0 Å². The second-order valence-electron chi connectivity index (χ2n) is 5.67. The molecule has 1 fully saturated rings. The molecule has 3 rings (SSSR count). The molecular formula is C16H17FN2O4S2. The van der Waals surface area contributed by atoms with E-state index in [0.717, 1.165) is 25.0 Å². The third kappa shape index (κ3) is 3.68. The molecule has 0 aromatic heterocycles. The topological polar surface area (TPSA) is 83.5 Å².